The monoisotopic (exact) mass is 626 g/mol. The van der Waals surface area contributed by atoms with E-state index in [0.29, 0.717) is 53.9 Å². The third-order valence-corrected chi connectivity index (χ3v) is 8.56. The quantitative estimate of drug-likeness (QED) is 0.200. The topological polar surface area (TPSA) is 41.9 Å². The minimum absolute atomic E-state index is 0.195. The Hall–Kier alpha value is -2.93. The molecule has 4 aromatic rings. The smallest absolute Gasteiger partial charge is 0.271 e. The second-order valence-electron chi connectivity index (χ2n) is 9.11. The van der Waals surface area contributed by atoms with Crippen molar-refractivity contribution in [3.8, 4) is 5.75 Å². The fourth-order valence-corrected chi connectivity index (χ4v) is 5.68. The van der Waals surface area contributed by atoms with Crippen molar-refractivity contribution in [1.82, 2.24) is 0 Å². The molecule has 5 rings (SSSR count). The molecular formula is C31H22Cl4N2O2S. The van der Waals surface area contributed by atoms with Crippen LogP contribution in [0, 0.1) is 13.8 Å². The van der Waals surface area contributed by atoms with Gasteiger partial charge in [0, 0.05) is 25.7 Å². The molecule has 4 nitrogen and oxygen atoms in total. The van der Waals surface area contributed by atoms with Gasteiger partial charge >= 0.3 is 0 Å². The molecule has 0 N–H and O–H groups in total. The highest BCUT2D eigenvalue weighted by atomic mass is 35.5. The summed E-state index contributed by atoms with van der Waals surface area (Å²) in [7, 11) is 0. The summed E-state index contributed by atoms with van der Waals surface area (Å²) in [4.78, 5) is 20.5. The zero-order chi connectivity index (χ0) is 28.4. The number of halogens is 4. The van der Waals surface area contributed by atoms with Crippen molar-refractivity contribution in [3.63, 3.8) is 0 Å². The summed E-state index contributed by atoms with van der Waals surface area (Å²) in [6, 6.07) is 23.8. The normalized spacial score (nSPS) is 15.3. The van der Waals surface area contributed by atoms with Gasteiger partial charge in [0.05, 0.1) is 16.3 Å². The van der Waals surface area contributed by atoms with Crippen molar-refractivity contribution in [3.05, 3.63) is 126 Å². The van der Waals surface area contributed by atoms with E-state index in [9.17, 15) is 4.79 Å². The lowest BCUT2D eigenvalue weighted by molar-refractivity contribution is -0.113. The molecule has 0 unspecified atom stereocenters. The first kappa shape index (κ1) is 28.6. The summed E-state index contributed by atoms with van der Waals surface area (Å²) in [5.41, 5.74) is 4.84. The van der Waals surface area contributed by atoms with Crippen molar-refractivity contribution in [1.29, 1.82) is 0 Å². The fourth-order valence-electron chi connectivity index (χ4n) is 3.87. The Morgan fingerprint density at radius 3 is 2.20 bits per heavy atom. The van der Waals surface area contributed by atoms with Crippen LogP contribution in [0.5, 0.6) is 5.75 Å². The number of ether oxygens (including phenoxy) is 1. The molecule has 4 aromatic carbocycles. The number of amides is 1. The molecule has 1 amide bonds. The lowest BCUT2D eigenvalue weighted by Crippen LogP contribution is -2.28. The van der Waals surface area contributed by atoms with Gasteiger partial charge in [-0.3, -0.25) is 9.69 Å². The van der Waals surface area contributed by atoms with Gasteiger partial charge in [-0.25, -0.2) is 4.99 Å². The standard InChI is InChI=1S/C31H22Cl4N2O2S/c1-18-3-9-23(15-26(18)33)36-31-37(24-10-4-19(2)27(34)16-24)30(38)29(40-31)13-20-5-11-25(12-6-20)39-17-21-7-8-22(32)14-28(21)35/h3-16H,17H2,1-2H3/b29-13+,36-31?. The molecule has 1 aliphatic rings. The molecule has 1 heterocycles. The number of hydrogen-bond donors (Lipinski definition) is 0. The van der Waals surface area contributed by atoms with Crippen LogP contribution in [0.4, 0.5) is 11.4 Å². The van der Waals surface area contributed by atoms with Gasteiger partial charge in [0.2, 0.25) is 0 Å². The Morgan fingerprint density at radius 1 is 0.825 bits per heavy atom. The van der Waals surface area contributed by atoms with Crippen LogP contribution in [-0.2, 0) is 11.4 Å². The summed E-state index contributed by atoms with van der Waals surface area (Å²) < 4.78 is 5.89. The predicted octanol–water partition coefficient (Wildman–Crippen LogP) is 10.3. The van der Waals surface area contributed by atoms with E-state index in [1.54, 1.807) is 29.2 Å². The number of carbonyl (C=O) groups is 1. The Kier molecular flexibility index (Phi) is 8.79. The third kappa shape index (κ3) is 6.51. The average molecular weight is 628 g/mol. The zero-order valence-corrected chi connectivity index (χ0v) is 25.3. The van der Waals surface area contributed by atoms with Gasteiger partial charge in [0.1, 0.15) is 12.4 Å². The number of amidine groups is 1. The summed E-state index contributed by atoms with van der Waals surface area (Å²) in [6.45, 7) is 4.15. The molecule has 9 heteroatoms. The van der Waals surface area contributed by atoms with Gasteiger partial charge in [-0.1, -0.05) is 76.7 Å². The molecule has 0 radical (unpaired) electrons. The van der Waals surface area contributed by atoms with E-state index in [0.717, 1.165) is 22.3 Å². The maximum atomic E-state index is 13.7. The molecule has 0 spiro atoms. The van der Waals surface area contributed by atoms with Crippen LogP contribution < -0.4 is 9.64 Å². The Labute approximate surface area is 257 Å². The predicted molar refractivity (Wildman–Crippen MR) is 170 cm³/mol. The molecule has 1 aliphatic heterocycles. The number of nitrogens with zero attached hydrogens (tertiary/aromatic N) is 2. The molecule has 0 aromatic heterocycles. The molecule has 0 saturated carbocycles. The summed E-state index contributed by atoms with van der Waals surface area (Å²) >= 11 is 26.2. The van der Waals surface area contributed by atoms with E-state index in [1.165, 1.54) is 11.8 Å². The van der Waals surface area contributed by atoms with E-state index in [4.69, 9.17) is 56.1 Å². The van der Waals surface area contributed by atoms with Gasteiger partial charge in [0.25, 0.3) is 5.91 Å². The highest BCUT2D eigenvalue weighted by Gasteiger charge is 2.35. The molecule has 1 saturated heterocycles. The summed E-state index contributed by atoms with van der Waals surface area (Å²) in [5, 5.41) is 2.81. The van der Waals surface area contributed by atoms with Gasteiger partial charge in [-0.05, 0) is 96.9 Å². The third-order valence-electron chi connectivity index (χ3n) is 6.19. The molecule has 0 bridgehead atoms. The second kappa shape index (κ2) is 12.3. The molecule has 40 heavy (non-hydrogen) atoms. The van der Waals surface area contributed by atoms with Crippen LogP contribution in [0.25, 0.3) is 6.08 Å². The van der Waals surface area contributed by atoms with Crippen LogP contribution in [0.1, 0.15) is 22.3 Å². The van der Waals surface area contributed by atoms with Gasteiger partial charge < -0.3 is 4.74 Å². The fraction of sp³-hybridized carbons (Fsp3) is 0.0968. The maximum absolute atomic E-state index is 13.7. The highest BCUT2D eigenvalue weighted by molar-refractivity contribution is 8.19. The number of benzene rings is 4. The van der Waals surface area contributed by atoms with Crippen LogP contribution >= 0.6 is 58.2 Å². The minimum atomic E-state index is -0.195. The van der Waals surface area contributed by atoms with E-state index < -0.39 is 0 Å². The van der Waals surface area contributed by atoms with Crippen molar-refractivity contribution >= 4 is 86.7 Å². The Morgan fingerprint density at radius 2 is 1.52 bits per heavy atom. The Bertz CT molecular complexity index is 1670. The largest absolute Gasteiger partial charge is 0.489 e. The van der Waals surface area contributed by atoms with E-state index in [-0.39, 0.29) is 5.91 Å². The van der Waals surface area contributed by atoms with Gasteiger partial charge in [-0.2, -0.15) is 0 Å². The molecular weight excluding hydrogens is 606 g/mol. The van der Waals surface area contributed by atoms with Crippen LogP contribution in [-0.4, -0.2) is 11.1 Å². The molecule has 202 valence electrons. The first-order valence-corrected chi connectivity index (χ1v) is 14.5. The van der Waals surface area contributed by atoms with Crippen LogP contribution in [0.3, 0.4) is 0 Å². The number of aryl methyl sites for hydroxylation is 2. The molecule has 0 aliphatic carbocycles. The maximum Gasteiger partial charge on any atom is 0.271 e. The van der Waals surface area contributed by atoms with Crippen molar-refractivity contribution in [2.45, 2.75) is 20.5 Å². The SMILES string of the molecule is Cc1ccc(N=C2S/C(=C/c3ccc(OCc4ccc(Cl)cc4Cl)cc3)C(=O)N2c2ccc(C)c(Cl)c2)cc1Cl. The lowest BCUT2D eigenvalue weighted by Gasteiger charge is -2.16. The average Bonchev–Trinajstić information content (AvgIpc) is 3.22. The van der Waals surface area contributed by atoms with Crippen LogP contribution in [0.15, 0.2) is 88.8 Å². The van der Waals surface area contributed by atoms with Crippen LogP contribution in [0.2, 0.25) is 20.1 Å². The first-order valence-electron chi connectivity index (χ1n) is 12.2. The summed E-state index contributed by atoms with van der Waals surface area (Å²) in [6.07, 6.45) is 1.83. The molecule has 0 atom stereocenters. The molecule has 1 fully saturated rings. The van der Waals surface area contributed by atoms with E-state index >= 15 is 0 Å². The number of thioether (sulfide) groups is 1. The Balaban J connectivity index is 1.41. The van der Waals surface area contributed by atoms with Crippen molar-refractivity contribution < 1.29 is 9.53 Å². The van der Waals surface area contributed by atoms with Gasteiger partial charge in [0.15, 0.2) is 5.17 Å². The lowest BCUT2D eigenvalue weighted by atomic mass is 10.2. The van der Waals surface area contributed by atoms with E-state index in [1.807, 2.05) is 74.5 Å². The number of anilines is 1. The zero-order valence-electron chi connectivity index (χ0n) is 21.4. The second-order valence-corrected chi connectivity index (χ2v) is 11.8. The van der Waals surface area contributed by atoms with Gasteiger partial charge in [-0.15, -0.1) is 0 Å². The number of aliphatic imine (C=N–C) groups is 1. The van der Waals surface area contributed by atoms with E-state index in [2.05, 4.69) is 0 Å². The minimum Gasteiger partial charge on any atom is -0.489 e. The number of rotatable bonds is 6. The number of hydrogen-bond acceptors (Lipinski definition) is 4. The highest BCUT2D eigenvalue weighted by Crippen LogP contribution is 2.39. The van der Waals surface area contributed by atoms with Crippen molar-refractivity contribution in [2.75, 3.05) is 4.90 Å². The van der Waals surface area contributed by atoms with Crippen molar-refractivity contribution in [2.24, 2.45) is 4.99 Å². The summed E-state index contributed by atoms with van der Waals surface area (Å²) in [5.74, 6) is 0.479. The first-order chi connectivity index (χ1) is 19.2. The number of carbonyl (C=O) groups excluding carboxylic acids is 1.